The van der Waals surface area contributed by atoms with Crippen LogP contribution in [0.15, 0.2) is 42.0 Å². The third-order valence-electron chi connectivity index (χ3n) is 2.74. The molecule has 1 amide bonds. The molecule has 1 aliphatic heterocycles. The molecule has 0 fully saturated rings. The number of carbonyl (C=O) groups is 1. The summed E-state index contributed by atoms with van der Waals surface area (Å²) in [7, 11) is 0. The van der Waals surface area contributed by atoms with Crippen molar-refractivity contribution in [2.75, 3.05) is 13.1 Å². The molecular formula is C15H21NO. The first-order valence-corrected chi connectivity index (χ1v) is 6.27. The van der Waals surface area contributed by atoms with E-state index in [1.165, 1.54) is 5.57 Å². The number of hydrogen-bond acceptors (Lipinski definition) is 1. The third kappa shape index (κ3) is 3.74. The Bertz CT molecular complexity index is 381. The molecule has 1 heterocycles. The van der Waals surface area contributed by atoms with Gasteiger partial charge < -0.3 is 4.90 Å². The van der Waals surface area contributed by atoms with Gasteiger partial charge in [0.1, 0.15) is 0 Å². The first kappa shape index (κ1) is 13.5. The van der Waals surface area contributed by atoms with Gasteiger partial charge >= 0.3 is 0 Å². The molecule has 1 aromatic carbocycles. The Morgan fingerprint density at radius 3 is 2.35 bits per heavy atom. The van der Waals surface area contributed by atoms with Crippen molar-refractivity contribution in [1.29, 1.82) is 0 Å². The van der Waals surface area contributed by atoms with Crippen LogP contribution in [0.4, 0.5) is 0 Å². The van der Waals surface area contributed by atoms with Gasteiger partial charge in [0.25, 0.3) is 5.91 Å². The minimum Gasteiger partial charge on any atom is -0.335 e. The summed E-state index contributed by atoms with van der Waals surface area (Å²) >= 11 is 0. The zero-order chi connectivity index (χ0) is 12.7. The van der Waals surface area contributed by atoms with E-state index in [-0.39, 0.29) is 5.91 Å². The van der Waals surface area contributed by atoms with Crippen LogP contribution in [0.1, 0.15) is 37.6 Å². The lowest BCUT2D eigenvalue weighted by Gasteiger charge is -2.25. The van der Waals surface area contributed by atoms with Gasteiger partial charge in [-0.3, -0.25) is 4.79 Å². The van der Waals surface area contributed by atoms with E-state index >= 15 is 0 Å². The van der Waals surface area contributed by atoms with E-state index in [9.17, 15) is 4.79 Å². The van der Waals surface area contributed by atoms with Crippen LogP contribution in [0.3, 0.4) is 0 Å². The van der Waals surface area contributed by atoms with Crippen molar-refractivity contribution in [2.24, 2.45) is 0 Å². The van der Waals surface area contributed by atoms with Crippen molar-refractivity contribution in [1.82, 2.24) is 4.90 Å². The summed E-state index contributed by atoms with van der Waals surface area (Å²) < 4.78 is 0. The van der Waals surface area contributed by atoms with Crippen molar-refractivity contribution < 1.29 is 4.79 Å². The second-order valence-corrected chi connectivity index (χ2v) is 3.92. The molecule has 0 saturated carbocycles. The number of carbonyl (C=O) groups excluding carboxylic acids is 1. The summed E-state index contributed by atoms with van der Waals surface area (Å²) in [6, 6.07) is 9.47. The van der Waals surface area contributed by atoms with Gasteiger partial charge in [0.15, 0.2) is 0 Å². The molecular weight excluding hydrogens is 210 g/mol. The lowest BCUT2D eigenvalue weighted by molar-refractivity contribution is 0.0769. The van der Waals surface area contributed by atoms with E-state index < -0.39 is 0 Å². The highest BCUT2D eigenvalue weighted by Crippen LogP contribution is 2.12. The van der Waals surface area contributed by atoms with Crippen molar-refractivity contribution >= 4 is 5.91 Å². The molecule has 0 N–H and O–H groups in total. The monoisotopic (exact) mass is 231 g/mol. The summed E-state index contributed by atoms with van der Waals surface area (Å²) in [6.07, 6.45) is 3.13. The molecule has 17 heavy (non-hydrogen) atoms. The predicted molar refractivity (Wildman–Crippen MR) is 72.1 cm³/mol. The fraction of sp³-hybridized carbons (Fsp3) is 0.400. The van der Waals surface area contributed by atoms with Gasteiger partial charge in [0, 0.05) is 18.7 Å². The molecule has 0 aliphatic carbocycles. The zero-order valence-electron chi connectivity index (χ0n) is 10.9. The minimum absolute atomic E-state index is 0.138. The molecule has 2 rings (SSSR count). The Hall–Kier alpha value is -1.57. The number of nitrogens with zero attached hydrogens (tertiary/aromatic N) is 1. The lowest BCUT2D eigenvalue weighted by Crippen LogP contribution is -2.34. The van der Waals surface area contributed by atoms with E-state index in [1.54, 1.807) is 0 Å². The molecule has 0 saturated heterocycles. The minimum atomic E-state index is 0.138. The van der Waals surface area contributed by atoms with Crippen LogP contribution >= 0.6 is 0 Å². The Kier molecular flexibility index (Phi) is 5.47. The van der Waals surface area contributed by atoms with Crippen molar-refractivity contribution in [3.63, 3.8) is 0 Å². The van der Waals surface area contributed by atoms with E-state index in [2.05, 4.69) is 13.0 Å². The maximum atomic E-state index is 12.0. The first-order valence-electron chi connectivity index (χ1n) is 6.27. The standard InChI is InChI=1S/C13H15NO.C2H6/c1-11-7-9-14(10-8-11)13(15)12-5-3-2-4-6-12;1-2/h2-7H,8-10H2,1H3;1-2H3. The summed E-state index contributed by atoms with van der Waals surface area (Å²) in [4.78, 5) is 13.9. The SMILES string of the molecule is CC.CC1=CCN(C(=O)c2ccccc2)CC1. The Morgan fingerprint density at radius 2 is 1.82 bits per heavy atom. The zero-order valence-corrected chi connectivity index (χ0v) is 10.9. The van der Waals surface area contributed by atoms with E-state index in [1.807, 2.05) is 49.1 Å². The summed E-state index contributed by atoms with van der Waals surface area (Å²) in [5.74, 6) is 0.138. The van der Waals surface area contributed by atoms with Gasteiger partial charge in [0.2, 0.25) is 0 Å². The highest BCUT2D eigenvalue weighted by molar-refractivity contribution is 5.94. The summed E-state index contributed by atoms with van der Waals surface area (Å²) in [5.41, 5.74) is 2.16. The smallest absolute Gasteiger partial charge is 0.254 e. The molecule has 1 aliphatic rings. The fourth-order valence-corrected chi connectivity index (χ4v) is 1.72. The van der Waals surface area contributed by atoms with E-state index in [4.69, 9.17) is 0 Å². The van der Waals surface area contributed by atoms with Crippen LogP contribution in [0.5, 0.6) is 0 Å². The maximum absolute atomic E-state index is 12.0. The Labute approximate surface area is 104 Å². The molecule has 0 aromatic heterocycles. The Balaban J connectivity index is 0.000000686. The van der Waals surface area contributed by atoms with Gasteiger partial charge in [-0.1, -0.05) is 43.7 Å². The highest BCUT2D eigenvalue weighted by atomic mass is 16.2. The summed E-state index contributed by atoms with van der Waals surface area (Å²) in [6.45, 7) is 7.71. The van der Waals surface area contributed by atoms with Gasteiger partial charge in [0.05, 0.1) is 0 Å². The van der Waals surface area contributed by atoms with Crippen molar-refractivity contribution in [3.8, 4) is 0 Å². The van der Waals surface area contributed by atoms with Crippen LogP contribution in [0.2, 0.25) is 0 Å². The maximum Gasteiger partial charge on any atom is 0.254 e. The van der Waals surface area contributed by atoms with Crippen LogP contribution in [-0.4, -0.2) is 23.9 Å². The molecule has 0 spiro atoms. The van der Waals surface area contributed by atoms with E-state index in [0.717, 1.165) is 25.1 Å². The molecule has 0 atom stereocenters. The normalized spacial score (nSPS) is 14.5. The average Bonchev–Trinajstić information content (AvgIpc) is 2.42. The Morgan fingerprint density at radius 1 is 1.18 bits per heavy atom. The first-order chi connectivity index (χ1) is 8.27. The van der Waals surface area contributed by atoms with E-state index in [0.29, 0.717) is 0 Å². The molecule has 2 heteroatoms. The lowest BCUT2D eigenvalue weighted by atomic mass is 10.1. The molecule has 92 valence electrons. The molecule has 2 nitrogen and oxygen atoms in total. The van der Waals surface area contributed by atoms with Crippen LogP contribution in [0.25, 0.3) is 0 Å². The number of hydrogen-bond donors (Lipinski definition) is 0. The fourth-order valence-electron chi connectivity index (χ4n) is 1.72. The molecule has 0 radical (unpaired) electrons. The second kappa shape index (κ2) is 6.89. The van der Waals surface area contributed by atoms with Gasteiger partial charge in [-0.15, -0.1) is 0 Å². The quantitative estimate of drug-likeness (QED) is 0.677. The van der Waals surface area contributed by atoms with Gasteiger partial charge in [-0.05, 0) is 25.5 Å². The van der Waals surface area contributed by atoms with Crippen LogP contribution < -0.4 is 0 Å². The molecule has 1 aromatic rings. The number of rotatable bonds is 1. The van der Waals surface area contributed by atoms with Crippen molar-refractivity contribution in [2.45, 2.75) is 27.2 Å². The molecule has 0 bridgehead atoms. The average molecular weight is 231 g/mol. The third-order valence-corrected chi connectivity index (χ3v) is 2.74. The van der Waals surface area contributed by atoms with Crippen LogP contribution in [0, 0.1) is 0 Å². The molecule has 0 unspecified atom stereocenters. The second-order valence-electron chi connectivity index (χ2n) is 3.92. The van der Waals surface area contributed by atoms with Crippen LogP contribution in [-0.2, 0) is 0 Å². The summed E-state index contributed by atoms with van der Waals surface area (Å²) in [5, 5.41) is 0. The highest BCUT2D eigenvalue weighted by Gasteiger charge is 2.16. The predicted octanol–water partition coefficient (Wildman–Crippen LogP) is 3.51. The van der Waals surface area contributed by atoms with Gasteiger partial charge in [-0.2, -0.15) is 0 Å². The van der Waals surface area contributed by atoms with Crippen molar-refractivity contribution in [3.05, 3.63) is 47.5 Å². The van der Waals surface area contributed by atoms with Gasteiger partial charge in [-0.25, -0.2) is 0 Å². The topological polar surface area (TPSA) is 20.3 Å². The number of benzene rings is 1. The largest absolute Gasteiger partial charge is 0.335 e. The number of amides is 1.